The van der Waals surface area contributed by atoms with Crippen LogP contribution in [0.5, 0.6) is 0 Å². The number of aromatic nitrogens is 1. The molecule has 1 aliphatic carbocycles. The van der Waals surface area contributed by atoms with Crippen molar-refractivity contribution in [1.29, 1.82) is 0 Å². The van der Waals surface area contributed by atoms with Gasteiger partial charge in [0, 0.05) is 17.8 Å². The van der Waals surface area contributed by atoms with Crippen LogP contribution >= 0.6 is 0 Å². The van der Waals surface area contributed by atoms with Gasteiger partial charge >= 0.3 is 0 Å². The number of aryl methyl sites for hydroxylation is 1. The van der Waals surface area contributed by atoms with E-state index in [4.69, 9.17) is 0 Å². The molecule has 3 unspecified atom stereocenters. The van der Waals surface area contributed by atoms with Crippen molar-refractivity contribution in [2.75, 3.05) is 11.5 Å². The number of hydrogen-bond donors (Lipinski definition) is 1. The van der Waals surface area contributed by atoms with Crippen LogP contribution in [0.4, 0.5) is 0 Å². The summed E-state index contributed by atoms with van der Waals surface area (Å²) in [5.74, 6) is 0.725. The van der Waals surface area contributed by atoms with Gasteiger partial charge in [0.1, 0.15) is 0 Å². The Bertz CT molecular complexity index is 570. The van der Waals surface area contributed by atoms with Crippen molar-refractivity contribution in [3.63, 3.8) is 0 Å². The van der Waals surface area contributed by atoms with Gasteiger partial charge in [0.25, 0.3) is 0 Å². The van der Waals surface area contributed by atoms with Gasteiger partial charge in [-0.15, -0.1) is 0 Å². The first-order valence-corrected chi connectivity index (χ1v) is 8.69. The molecule has 3 atom stereocenters. The Labute approximate surface area is 113 Å². The fraction of sp³-hybridized carbons (Fsp3) is 0.643. The first kappa shape index (κ1) is 13.1. The third-order valence-corrected chi connectivity index (χ3v) is 6.21. The topological polar surface area (TPSA) is 67.3 Å². The van der Waals surface area contributed by atoms with Crippen molar-refractivity contribution >= 4 is 9.84 Å². The van der Waals surface area contributed by atoms with Gasteiger partial charge in [-0.1, -0.05) is 6.07 Å². The molecule has 1 aliphatic heterocycles. The van der Waals surface area contributed by atoms with Crippen LogP contribution in [0.1, 0.15) is 36.4 Å². The van der Waals surface area contributed by atoms with Crippen molar-refractivity contribution in [2.45, 2.75) is 37.7 Å². The first-order chi connectivity index (χ1) is 9.05. The largest absolute Gasteiger partial charge is 0.392 e. The first-order valence-electron chi connectivity index (χ1n) is 6.87. The summed E-state index contributed by atoms with van der Waals surface area (Å²) >= 11 is 0. The highest BCUT2D eigenvalue weighted by molar-refractivity contribution is 7.91. The molecule has 0 spiro atoms. The van der Waals surface area contributed by atoms with E-state index in [-0.39, 0.29) is 23.3 Å². The van der Waals surface area contributed by atoms with Crippen LogP contribution in [0.15, 0.2) is 18.3 Å². The molecule has 0 aromatic carbocycles. The summed E-state index contributed by atoms with van der Waals surface area (Å²) in [5.41, 5.74) is 2.24. The average Bonchev–Trinajstić information content (AvgIpc) is 2.92. The molecule has 2 heterocycles. The maximum Gasteiger partial charge on any atom is 0.150 e. The molecule has 4 nitrogen and oxygen atoms in total. The minimum absolute atomic E-state index is 0.0829. The number of rotatable bonds is 3. The molecule has 0 amide bonds. The standard InChI is InChI=1S/C14H19NO3S/c16-13(8-10-5-7-19(17,18)9-10)12-4-3-11-2-1-6-15-14(11)12/h1-2,6,10,12-13,16H,3-5,7-9H2. The molecule has 1 saturated heterocycles. The molecule has 1 aromatic rings. The Kier molecular flexibility index (Phi) is 3.35. The molecule has 0 saturated carbocycles. The zero-order valence-corrected chi connectivity index (χ0v) is 11.6. The van der Waals surface area contributed by atoms with E-state index in [2.05, 4.69) is 11.1 Å². The number of hydrogen-bond acceptors (Lipinski definition) is 4. The lowest BCUT2D eigenvalue weighted by Crippen LogP contribution is -2.21. The fourth-order valence-electron chi connectivity index (χ4n) is 3.38. The van der Waals surface area contributed by atoms with Gasteiger partial charge in [0.15, 0.2) is 9.84 Å². The molecule has 1 aromatic heterocycles. The number of aliphatic hydroxyl groups is 1. The number of nitrogens with zero attached hydrogens (tertiary/aromatic N) is 1. The quantitative estimate of drug-likeness (QED) is 0.906. The van der Waals surface area contributed by atoms with E-state index in [1.807, 2.05) is 6.07 Å². The number of fused-ring (bicyclic) bond motifs is 1. The van der Waals surface area contributed by atoms with E-state index >= 15 is 0 Å². The van der Waals surface area contributed by atoms with Crippen molar-refractivity contribution < 1.29 is 13.5 Å². The van der Waals surface area contributed by atoms with Gasteiger partial charge in [0.2, 0.25) is 0 Å². The van der Waals surface area contributed by atoms with Gasteiger partial charge in [-0.25, -0.2) is 8.42 Å². The lowest BCUT2D eigenvalue weighted by atomic mass is 9.91. The van der Waals surface area contributed by atoms with E-state index in [1.165, 1.54) is 5.56 Å². The molecular weight excluding hydrogens is 262 g/mol. The Balaban J connectivity index is 1.68. The highest BCUT2D eigenvalue weighted by Gasteiger charge is 2.34. The van der Waals surface area contributed by atoms with Gasteiger partial charge in [-0.2, -0.15) is 0 Å². The van der Waals surface area contributed by atoms with Crippen LogP contribution in [0.2, 0.25) is 0 Å². The van der Waals surface area contributed by atoms with E-state index in [1.54, 1.807) is 6.20 Å². The summed E-state index contributed by atoms with van der Waals surface area (Å²) in [5, 5.41) is 10.4. The van der Waals surface area contributed by atoms with Crippen molar-refractivity contribution in [2.24, 2.45) is 5.92 Å². The van der Waals surface area contributed by atoms with E-state index in [0.29, 0.717) is 12.8 Å². The summed E-state index contributed by atoms with van der Waals surface area (Å²) in [4.78, 5) is 4.39. The zero-order valence-electron chi connectivity index (χ0n) is 10.8. The smallest absolute Gasteiger partial charge is 0.150 e. The van der Waals surface area contributed by atoms with E-state index < -0.39 is 15.9 Å². The van der Waals surface area contributed by atoms with Gasteiger partial charge in [0.05, 0.1) is 17.6 Å². The molecule has 19 heavy (non-hydrogen) atoms. The fourth-order valence-corrected chi connectivity index (χ4v) is 5.26. The Morgan fingerprint density at radius 1 is 1.42 bits per heavy atom. The summed E-state index contributed by atoms with van der Waals surface area (Å²) in [6.45, 7) is 0. The molecule has 3 rings (SSSR count). The van der Waals surface area contributed by atoms with Crippen LogP contribution < -0.4 is 0 Å². The van der Waals surface area contributed by atoms with Crippen LogP contribution in [0.3, 0.4) is 0 Å². The zero-order chi connectivity index (χ0) is 13.5. The maximum absolute atomic E-state index is 11.4. The minimum Gasteiger partial charge on any atom is -0.392 e. The molecule has 1 N–H and O–H groups in total. The van der Waals surface area contributed by atoms with Crippen LogP contribution in [0.25, 0.3) is 0 Å². The second-order valence-corrected chi connectivity index (χ2v) is 7.99. The van der Waals surface area contributed by atoms with Crippen molar-refractivity contribution in [3.05, 3.63) is 29.6 Å². The molecule has 1 fully saturated rings. The summed E-state index contributed by atoms with van der Waals surface area (Å²) in [7, 11) is -2.85. The Morgan fingerprint density at radius 2 is 2.26 bits per heavy atom. The normalized spacial score (nSPS) is 30.2. The Hall–Kier alpha value is -0.940. The Morgan fingerprint density at radius 3 is 3.00 bits per heavy atom. The van der Waals surface area contributed by atoms with Gasteiger partial charge < -0.3 is 5.11 Å². The summed E-state index contributed by atoms with van der Waals surface area (Å²) in [6, 6.07) is 3.99. The van der Waals surface area contributed by atoms with Crippen molar-refractivity contribution in [1.82, 2.24) is 4.98 Å². The molecular formula is C14H19NO3S. The van der Waals surface area contributed by atoms with Gasteiger partial charge in [-0.05, 0) is 43.2 Å². The van der Waals surface area contributed by atoms with Crippen LogP contribution in [-0.4, -0.2) is 36.1 Å². The van der Waals surface area contributed by atoms with Gasteiger partial charge in [-0.3, -0.25) is 4.98 Å². The third kappa shape index (κ3) is 2.67. The van der Waals surface area contributed by atoms with Crippen LogP contribution in [0, 0.1) is 5.92 Å². The van der Waals surface area contributed by atoms with E-state index in [9.17, 15) is 13.5 Å². The second kappa shape index (κ2) is 4.87. The lowest BCUT2D eigenvalue weighted by Gasteiger charge is -2.21. The predicted octanol–water partition coefficient (Wildman–Crippen LogP) is 1.30. The van der Waals surface area contributed by atoms with Crippen LogP contribution in [-0.2, 0) is 16.3 Å². The highest BCUT2D eigenvalue weighted by atomic mass is 32.2. The number of aliphatic hydroxyl groups excluding tert-OH is 1. The summed E-state index contributed by atoms with van der Waals surface area (Å²) in [6.07, 6.45) is 4.47. The predicted molar refractivity (Wildman–Crippen MR) is 72.7 cm³/mol. The molecule has 5 heteroatoms. The SMILES string of the molecule is O=S1(=O)CCC(CC(O)C2CCc3cccnc32)C1. The molecule has 0 radical (unpaired) electrons. The average molecular weight is 281 g/mol. The minimum atomic E-state index is -2.85. The molecule has 2 aliphatic rings. The number of sulfone groups is 1. The molecule has 104 valence electrons. The molecule has 0 bridgehead atoms. The van der Waals surface area contributed by atoms with Crippen molar-refractivity contribution in [3.8, 4) is 0 Å². The number of pyridine rings is 1. The second-order valence-electron chi connectivity index (χ2n) is 5.77. The lowest BCUT2D eigenvalue weighted by molar-refractivity contribution is 0.116. The highest BCUT2D eigenvalue weighted by Crippen LogP contribution is 2.37. The van der Waals surface area contributed by atoms with E-state index in [0.717, 1.165) is 18.5 Å². The summed E-state index contributed by atoms with van der Waals surface area (Å²) < 4.78 is 22.9. The third-order valence-electron chi connectivity index (χ3n) is 4.37. The maximum atomic E-state index is 11.4. The monoisotopic (exact) mass is 281 g/mol.